The molecule has 2 saturated heterocycles. The number of hydrogen-bond acceptors (Lipinski definition) is 6. The van der Waals surface area contributed by atoms with Gasteiger partial charge in [0.05, 0.1) is 6.20 Å². The molecule has 2 aromatic heterocycles. The number of imidazole rings is 1. The Bertz CT molecular complexity index is 839. The van der Waals surface area contributed by atoms with Gasteiger partial charge in [-0.3, -0.25) is 9.36 Å². The monoisotopic (exact) mass is 374 g/mol. The molecule has 0 N–H and O–H groups in total. The van der Waals surface area contributed by atoms with E-state index >= 15 is 0 Å². The normalized spacial score (nSPS) is 20.3. The lowest BCUT2D eigenvalue weighted by atomic mass is 10.00. The Morgan fingerprint density at radius 3 is 2.78 bits per heavy atom. The van der Waals surface area contributed by atoms with E-state index < -0.39 is 0 Å². The zero-order valence-electron chi connectivity index (χ0n) is 16.4. The first-order chi connectivity index (χ1) is 13.2. The highest BCUT2D eigenvalue weighted by molar-refractivity contribution is 5.46. The molecule has 27 heavy (non-hydrogen) atoms. The smallest absolute Gasteiger partial charge is 0.280 e. The van der Waals surface area contributed by atoms with Crippen LogP contribution in [-0.4, -0.2) is 70.0 Å². The van der Waals surface area contributed by atoms with Gasteiger partial charge in [-0.05, 0) is 38.8 Å². The van der Waals surface area contributed by atoms with Gasteiger partial charge in [0.1, 0.15) is 5.82 Å². The average Bonchev–Trinajstić information content (AvgIpc) is 2.98. The van der Waals surface area contributed by atoms with Crippen molar-refractivity contribution < 1.29 is 4.74 Å². The molecule has 0 bridgehead atoms. The van der Waals surface area contributed by atoms with Crippen molar-refractivity contribution >= 4 is 11.5 Å². The Hall–Kier alpha value is -1.93. The molecule has 0 aromatic carbocycles. The van der Waals surface area contributed by atoms with Gasteiger partial charge in [0.25, 0.3) is 5.56 Å². The molecule has 2 aliphatic rings. The number of aromatic nitrogens is 4. The third-order valence-electron chi connectivity index (χ3n) is 5.78. The van der Waals surface area contributed by atoms with Crippen molar-refractivity contribution in [2.45, 2.75) is 38.5 Å². The maximum absolute atomic E-state index is 12.9. The molecule has 8 nitrogen and oxygen atoms in total. The first kappa shape index (κ1) is 18.4. The summed E-state index contributed by atoms with van der Waals surface area (Å²) in [5.41, 5.74) is 0.533. The lowest BCUT2D eigenvalue weighted by molar-refractivity contribution is 0.0832. The minimum atomic E-state index is -0.0273. The van der Waals surface area contributed by atoms with E-state index in [1.165, 1.54) is 6.42 Å². The molecule has 0 unspecified atom stereocenters. The van der Waals surface area contributed by atoms with Crippen molar-refractivity contribution in [1.82, 2.24) is 24.1 Å². The predicted octanol–water partition coefficient (Wildman–Crippen LogP) is 1.24. The SMILES string of the molecule is CCCN1CCCN(c2nn3c(C4CCOCC4)ncc3c(=O)n2C)CC1. The molecule has 0 spiro atoms. The summed E-state index contributed by atoms with van der Waals surface area (Å²) in [4.78, 5) is 22.3. The van der Waals surface area contributed by atoms with Crippen LogP contribution in [0, 0.1) is 0 Å². The molecule has 0 aliphatic carbocycles. The molecule has 2 aromatic rings. The third kappa shape index (κ3) is 3.60. The summed E-state index contributed by atoms with van der Waals surface area (Å²) in [7, 11) is 1.82. The van der Waals surface area contributed by atoms with E-state index in [0.29, 0.717) is 11.4 Å². The van der Waals surface area contributed by atoms with Crippen molar-refractivity contribution in [2.75, 3.05) is 50.8 Å². The van der Waals surface area contributed by atoms with Crippen molar-refractivity contribution in [3.8, 4) is 0 Å². The predicted molar refractivity (Wildman–Crippen MR) is 105 cm³/mol. The molecule has 0 atom stereocenters. The Balaban J connectivity index is 1.68. The van der Waals surface area contributed by atoms with E-state index in [-0.39, 0.29) is 5.56 Å². The van der Waals surface area contributed by atoms with Crippen molar-refractivity contribution in [3.05, 3.63) is 22.4 Å². The largest absolute Gasteiger partial charge is 0.381 e. The minimum absolute atomic E-state index is 0.0273. The molecule has 4 heterocycles. The quantitative estimate of drug-likeness (QED) is 0.802. The van der Waals surface area contributed by atoms with Crippen LogP contribution < -0.4 is 10.5 Å². The Morgan fingerprint density at radius 2 is 2.00 bits per heavy atom. The van der Waals surface area contributed by atoms with Crippen LogP contribution >= 0.6 is 0 Å². The maximum atomic E-state index is 12.9. The van der Waals surface area contributed by atoms with Gasteiger partial charge in [-0.25, -0.2) is 9.50 Å². The summed E-state index contributed by atoms with van der Waals surface area (Å²) in [6.07, 6.45) is 5.80. The molecular formula is C19H30N6O2. The van der Waals surface area contributed by atoms with Crippen LogP contribution in [0.3, 0.4) is 0 Å². The van der Waals surface area contributed by atoms with Gasteiger partial charge in [0, 0.05) is 45.8 Å². The first-order valence-electron chi connectivity index (χ1n) is 10.2. The summed E-state index contributed by atoms with van der Waals surface area (Å²) < 4.78 is 8.95. The van der Waals surface area contributed by atoms with Gasteiger partial charge in [0.15, 0.2) is 5.52 Å². The van der Waals surface area contributed by atoms with Crippen molar-refractivity contribution in [3.63, 3.8) is 0 Å². The van der Waals surface area contributed by atoms with E-state index in [9.17, 15) is 4.79 Å². The van der Waals surface area contributed by atoms with E-state index in [4.69, 9.17) is 9.84 Å². The van der Waals surface area contributed by atoms with E-state index in [1.807, 2.05) is 7.05 Å². The van der Waals surface area contributed by atoms with Crippen LogP contribution in [0.15, 0.2) is 11.0 Å². The highest BCUT2D eigenvalue weighted by Gasteiger charge is 2.24. The molecule has 0 saturated carbocycles. The minimum Gasteiger partial charge on any atom is -0.381 e. The van der Waals surface area contributed by atoms with Gasteiger partial charge < -0.3 is 14.5 Å². The van der Waals surface area contributed by atoms with Gasteiger partial charge in [0.2, 0.25) is 5.95 Å². The van der Waals surface area contributed by atoms with Crippen LogP contribution in [0.4, 0.5) is 5.95 Å². The van der Waals surface area contributed by atoms with Gasteiger partial charge in [-0.15, -0.1) is 5.10 Å². The fourth-order valence-corrected chi connectivity index (χ4v) is 4.25. The van der Waals surface area contributed by atoms with E-state index in [0.717, 1.165) is 77.0 Å². The zero-order valence-corrected chi connectivity index (χ0v) is 16.4. The fraction of sp³-hybridized carbons (Fsp3) is 0.737. The molecule has 4 rings (SSSR count). The van der Waals surface area contributed by atoms with Crippen LogP contribution in [-0.2, 0) is 11.8 Å². The van der Waals surface area contributed by atoms with E-state index in [1.54, 1.807) is 15.3 Å². The summed E-state index contributed by atoms with van der Waals surface area (Å²) in [5, 5.41) is 4.89. The number of fused-ring (bicyclic) bond motifs is 1. The second-order valence-corrected chi connectivity index (χ2v) is 7.65. The second kappa shape index (κ2) is 7.98. The molecule has 0 radical (unpaired) electrons. The van der Waals surface area contributed by atoms with Gasteiger partial charge >= 0.3 is 0 Å². The molecular weight excluding hydrogens is 344 g/mol. The van der Waals surface area contributed by atoms with Crippen LogP contribution in [0.2, 0.25) is 0 Å². The average molecular weight is 374 g/mol. The van der Waals surface area contributed by atoms with Crippen LogP contribution in [0.5, 0.6) is 0 Å². The van der Waals surface area contributed by atoms with Crippen LogP contribution in [0.1, 0.15) is 44.3 Å². The summed E-state index contributed by atoms with van der Waals surface area (Å²) in [6, 6.07) is 0. The second-order valence-electron chi connectivity index (χ2n) is 7.65. The van der Waals surface area contributed by atoms with Gasteiger partial charge in [-0.2, -0.15) is 0 Å². The highest BCUT2D eigenvalue weighted by atomic mass is 16.5. The zero-order chi connectivity index (χ0) is 18.8. The van der Waals surface area contributed by atoms with Crippen LogP contribution in [0.25, 0.3) is 5.52 Å². The summed E-state index contributed by atoms with van der Waals surface area (Å²) in [5.74, 6) is 1.95. The summed E-state index contributed by atoms with van der Waals surface area (Å²) in [6.45, 7) is 8.79. The Labute approximate surface area is 159 Å². The number of ether oxygens (including phenoxy) is 1. The first-order valence-corrected chi connectivity index (χ1v) is 10.2. The molecule has 2 aliphatic heterocycles. The maximum Gasteiger partial charge on any atom is 0.280 e. The lowest BCUT2D eigenvalue weighted by Crippen LogP contribution is -2.36. The van der Waals surface area contributed by atoms with E-state index in [2.05, 4.69) is 21.7 Å². The molecule has 2 fully saturated rings. The van der Waals surface area contributed by atoms with Crippen molar-refractivity contribution in [1.29, 1.82) is 0 Å². The standard InChI is InChI=1S/C19H30N6O2/c1-3-7-23-8-4-9-24(11-10-23)19-21-25-16(18(26)22(19)2)14-20-17(25)15-5-12-27-13-6-15/h14-15H,3-13H2,1-2H3. The summed E-state index contributed by atoms with van der Waals surface area (Å²) >= 11 is 0. The van der Waals surface area contributed by atoms with Crippen molar-refractivity contribution in [2.24, 2.45) is 7.05 Å². The Morgan fingerprint density at radius 1 is 1.19 bits per heavy atom. The van der Waals surface area contributed by atoms with Gasteiger partial charge in [-0.1, -0.05) is 6.92 Å². The topological polar surface area (TPSA) is 67.9 Å². The molecule has 0 amide bonds. The Kier molecular flexibility index (Phi) is 5.45. The number of rotatable bonds is 4. The number of anilines is 1. The lowest BCUT2D eigenvalue weighted by Gasteiger charge is -2.25. The number of hydrogen-bond donors (Lipinski definition) is 0. The highest BCUT2D eigenvalue weighted by Crippen LogP contribution is 2.26. The third-order valence-corrected chi connectivity index (χ3v) is 5.78. The molecule has 8 heteroatoms. The number of nitrogens with zero attached hydrogens (tertiary/aromatic N) is 6. The fourth-order valence-electron chi connectivity index (χ4n) is 4.25. The molecule has 148 valence electrons.